The summed E-state index contributed by atoms with van der Waals surface area (Å²) >= 11 is 0. The summed E-state index contributed by atoms with van der Waals surface area (Å²) in [5.41, 5.74) is 3.31. The van der Waals surface area contributed by atoms with Crippen LogP contribution in [0.15, 0.2) is 30.5 Å². The lowest BCUT2D eigenvalue weighted by Gasteiger charge is -2.31. The number of aryl methyl sites for hydroxylation is 1. The van der Waals surface area contributed by atoms with E-state index in [1.54, 1.807) is 0 Å². The van der Waals surface area contributed by atoms with E-state index in [-0.39, 0.29) is 5.91 Å². The quantitative estimate of drug-likeness (QED) is 0.883. The number of nitrogens with one attached hydrogen (secondary N) is 1. The Morgan fingerprint density at radius 2 is 2.14 bits per heavy atom. The minimum atomic E-state index is -0.516. The zero-order valence-electron chi connectivity index (χ0n) is 16.6. The molecule has 0 unspecified atom stereocenters. The number of hydrogen-bond acceptors (Lipinski definition) is 5. The van der Waals surface area contributed by atoms with Gasteiger partial charge in [0.25, 0.3) is 5.91 Å². The smallest absolute Gasteiger partial charge is 0.263 e. The molecule has 0 spiro atoms. The molecule has 2 atom stereocenters. The standard InChI is InChI=1S/C22H28N4O2/c1-15-5-7-19(8-6-15)28-16(2)22(27)26-11-9-20-18(14-26)13-24-21(25-20)17-4-3-10-23-12-17/h5-8,13,16-17,23H,3-4,9-12,14H2,1-2H3/t16-,17+/m0/s1. The van der Waals surface area contributed by atoms with Crippen molar-refractivity contribution in [3.05, 3.63) is 53.1 Å². The predicted molar refractivity (Wildman–Crippen MR) is 107 cm³/mol. The summed E-state index contributed by atoms with van der Waals surface area (Å²) in [6.07, 6.45) is 4.49. The van der Waals surface area contributed by atoms with E-state index in [1.807, 2.05) is 49.2 Å². The van der Waals surface area contributed by atoms with Gasteiger partial charge in [0.1, 0.15) is 11.6 Å². The fraction of sp³-hybridized carbons (Fsp3) is 0.500. The van der Waals surface area contributed by atoms with Gasteiger partial charge < -0.3 is 15.0 Å². The van der Waals surface area contributed by atoms with Gasteiger partial charge in [-0.2, -0.15) is 0 Å². The third-order valence-electron chi connectivity index (χ3n) is 5.61. The molecule has 1 amide bonds. The average Bonchev–Trinajstić information content (AvgIpc) is 2.74. The van der Waals surface area contributed by atoms with Gasteiger partial charge >= 0.3 is 0 Å². The van der Waals surface area contributed by atoms with Crippen molar-refractivity contribution >= 4 is 5.91 Å². The highest BCUT2D eigenvalue weighted by molar-refractivity contribution is 5.81. The van der Waals surface area contributed by atoms with E-state index >= 15 is 0 Å². The summed E-state index contributed by atoms with van der Waals surface area (Å²) in [6.45, 7) is 7.11. The van der Waals surface area contributed by atoms with Crippen LogP contribution in [-0.2, 0) is 17.8 Å². The molecule has 3 heterocycles. The summed E-state index contributed by atoms with van der Waals surface area (Å²) in [4.78, 5) is 24.1. The molecule has 1 N–H and O–H groups in total. The number of carbonyl (C=O) groups excluding carboxylic acids is 1. The molecule has 2 aromatic rings. The van der Waals surface area contributed by atoms with E-state index in [0.29, 0.717) is 19.0 Å². The lowest BCUT2D eigenvalue weighted by Crippen LogP contribution is -2.43. The van der Waals surface area contributed by atoms with Gasteiger partial charge in [-0.15, -0.1) is 0 Å². The maximum absolute atomic E-state index is 12.8. The van der Waals surface area contributed by atoms with Gasteiger partial charge in [-0.3, -0.25) is 4.79 Å². The SMILES string of the molecule is Cc1ccc(O[C@@H](C)C(=O)N2CCc3nc([C@@H]4CCCNC4)ncc3C2)cc1. The number of ether oxygens (including phenoxy) is 1. The van der Waals surface area contributed by atoms with Crippen molar-refractivity contribution in [3.63, 3.8) is 0 Å². The summed E-state index contributed by atoms with van der Waals surface area (Å²) in [5.74, 6) is 2.08. The number of carbonyl (C=O) groups is 1. The van der Waals surface area contributed by atoms with Crippen LogP contribution in [0.1, 0.15) is 48.3 Å². The molecule has 0 aliphatic carbocycles. The Morgan fingerprint density at radius 1 is 1.32 bits per heavy atom. The Kier molecular flexibility index (Phi) is 5.57. The van der Waals surface area contributed by atoms with Crippen LogP contribution in [0.2, 0.25) is 0 Å². The van der Waals surface area contributed by atoms with E-state index in [1.165, 1.54) is 12.0 Å². The van der Waals surface area contributed by atoms with Crippen LogP contribution in [0, 0.1) is 6.92 Å². The van der Waals surface area contributed by atoms with Crippen LogP contribution in [-0.4, -0.2) is 46.5 Å². The van der Waals surface area contributed by atoms with E-state index in [0.717, 1.165) is 48.8 Å². The van der Waals surface area contributed by atoms with Gasteiger partial charge in [-0.25, -0.2) is 9.97 Å². The van der Waals surface area contributed by atoms with Crippen molar-refractivity contribution in [2.45, 2.75) is 51.7 Å². The molecule has 0 saturated carbocycles. The van der Waals surface area contributed by atoms with E-state index in [2.05, 4.69) is 10.3 Å². The number of fused-ring (bicyclic) bond motifs is 1. The first-order valence-electron chi connectivity index (χ1n) is 10.2. The summed E-state index contributed by atoms with van der Waals surface area (Å²) in [7, 11) is 0. The van der Waals surface area contributed by atoms with E-state index in [4.69, 9.17) is 9.72 Å². The van der Waals surface area contributed by atoms with Crippen LogP contribution in [0.3, 0.4) is 0 Å². The van der Waals surface area contributed by atoms with Crippen molar-refractivity contribution in [3.8, 4) is 5.75 Å². The molecular formula is C22H28N4O2. The average molecular weight is 380 g/mol. The minimum absolute atomic E-state index is 0.00628. The van der Waals surface area contributed by atoms with Crippen LogP contribution < -0.4 is 10.1 Å². The summed E-state index contributed by atoms with van der Waals surface area (Å²) in [6, 6.07) is 7.78. The lowest BCUT2D eigenvalue weighted by molar-refractivity contribution is -0.138. The van der Waals surface area contributed by atoms with Crippen LogP contribution >= 0.6 is 0 Å². The second kappa shape index (κ2) is 8.27. The van der Waals surface area contributed by atoms with Crippen molar-refractivity contribution in [1.82, 2.24) is 20.2 Å². The molecule has 1 aromatic heterocycles. The Balaban J connectivity index is 1.40. The minimum Gasteiger partial charge on any atom is -0.481 e. The molecule has 0 radical (unpaired) electrons. The Hall–Kier alpha value is -2.47. The fourth-order valence-electron chi connectivity index (χ4n) is 3.92. The van der Waals surface area contributed by atoms with Gasteiger partial charge in [0.15, 0.2) is 6.10 Å². The molecule has 1 fully saturated rings. The number of rotatable bonds is 4. The Labute approximate surface area is 166 Å². The van der Waals surface area contributed by atoms with E-state index < -0.39 is 6.10 Å². The molecule has 1 saturated heterocycles. The number of benzene rings is 1. The second-order valence-corrected chi connectivity index (χ2v) is 7.83. The maximum atomic E-state index is 12.8. The van der Waals surface area contributed by atoms with Gasteiger partial charge in [0.2, 0.25) is 0 Å². The van der Waals surface area contributed by atoms with Gasteiger partial charge in [0.05, 0.1) is 5.69 Å². The molecule has 0 bridgehead atoms. The number of aromatic nitrogens is 2. The molecule has 6 nitrogen and oxygen atoms in total. The number of nitrogens with zero attached hydrogens (tertiary/aromatic N) is 3. The number of amides is 1. The van der Waals surface area contributed by atoms with Crippen molar-refractivity contribution in [2.24, 2.45) is 0 Å². The first-order chi connectivity index (χ1) is 13.6. The maximum Gasteiger partial charge on any atom is 0.263 e. The summed E-state index contributed by atoms with van der Waals surface area (Å²) in [5, 5.41) is 3.42. The van der Waals surface area contributed by atoms with E-state index in [9.17, 15) is 4.79 Å². The highest BCUT2D eigenvalue weighted by Gasteiger charge is 2.28. The molecule has 2 aliphatic heterocycles. The molecule has 2 aliphatic rings. The molecular weight excluding hydrogens is 352 g/mol. The number of piperidine rings is 1. The van der Waals surface area contributed by atoms with Crippen LogP contribution in [0.5, 0.6) is 5.75 Å². The molecule has 6 heteroatoms. The van der Waals surface area contributed by atoms with Crippen LogP contribution in [0.4, 0.5) is 0 Å². The zero-order chi connectivity index (χ0) is 19.5. The monoisotopic (exact) mass is 380 g/mol. The topological polar surface area (TPSA) is 67.3 Å². The van der Waals surface area contributed by atoms with Crippen molar-refractivity contribution < 1.29 is 9.53 Å². The lowest BCUT2D eigenvalue weighted by atomic mass is 9.98. The molecule has 148 valence electrons. The second-order valence-electron chi connectivity index (χ2n) is 7.83. The first-order valence-corrected chi connectivity index (χ1v) is 10.2. The van der Waals surface area contributed by atoms with Crippen molar-refractivity contribution in [2.75, 3.05) is 19.6 Å². The molecule has 4 rings (SSSR count). The third-order valence-corrected chi connectivity index (χ3v) is 5.61. The highest BCUT2D eigenvalue weighted by atomic mass is 16.5. The molecule has 28 heavy (non-hydrogen) atoms. The summed E-state index contributed by atoms with van der Waals surface area (Å²) < 4.78 is 5.84. The van der Waals surface area contributed by atoms with Crippen molar-refractivity contribution in [1.29, 1.82) is 0 Å². The van der Waals surface area contributed by atoms with Gasteiger partial charge in [0, 0.05) is 43.7 Å². The highest BCUT2D eigenvalue weighted by Crippen LogP contribution is 2.24. The van der Waals surface area contributed by atoms with Gasteiger partial charge in [-0.1, -0.05) is 17.7 Å². The predicted octanol–water partition coefficient (Wildman–Crippen LogP) is 2.60. The largest absolute Gasteiger partial charge is 0.481 e. The third kappa shape index (κ3) is 4.17. The van der Waals surface area contributed by atoms with Crippen LogP contribution in [0.25, 0.3) is 0 Å². The van der Waals surface area contributed by atoms with Gasteiger partial charge in [-0.05, 0) is 45.4 Å². The Bertz CT molecular complexity index is 831. The zero-order valence-corrected chi connectivity index (χ0v) is 16.6. The number of hydrogen-bond donors (Lipinski definition) is 1. The normalized spacial score (nSPS) is 20.4. The molecule has 1 aromatic carbocycles. The Morgan fingerprint density at radius 3 is 2.89 bits per heavy atom. The fourth-order valence-corrected chi connectivity index (χ4v) is 3.92. The first kappa shape index (κ1) is 18.9.